The van der Waals surface area contributed by atoms with Gasteiger partial charge in [0.25, 0.3) is 0 Å². The van der Waals surface area contributed by atoms with E-state index in [1.165, 1.54) is 48.8 Å². The van der Waals surface area contributed by atoms with Crippen LogP contribution in [0.5, 0.6) is 0 Å². The van der Waals surface area contributed by atoms with Crippen LogP contribution in [0.4, 0.5) is 5.13 Å². The van der Waals surface area contributed by atoms with Gasteiger partial charge in [0, 0.05) is 30.2 Å². The topological polar surface area (TPSA) is 28.2 Å². The Balaban J connectivity index is 1.98. The van der Waals surface area contributed by atoms with Crippen LogP contribution in [0, 0.1) is 5.92 Å². The Bertz CT molecular complexity index is 377. The van der Waals surface area contributed by atoms with Gasteiger partial charge >= 0.3 is 0 Å². The molecule has 1 aromatic rings. The normalized spacial score (nSPS) is 22.3. The van der Waals surface area contributed by atoms with Gasteiger partial charge in [-0.15, -0.1) is 11.3 Å². The molecule has 1 aliphatic heterocycles. The van der Waals surface area contributed by atoms with Crippen molar-refractivity contribution < 1.29 is 0 Å². The molecule has 2 atom stereocenters. The molecule has 19 heavy (non-hydrogen) atoms. The van der Waals surface area contributed by atoms with E-state index < -0.39 is 0 Å². The third kappa shape index (κ3) is 3.93. The van der Waals surface area contributed by atoms with Gasteiger partial charge in [-0.1, -0.05) is 20.3 Å². The third-order valence-corrected chi connectivity index (χ3v) is 5.38. The number of anilines is 1. The Morgan fingerprint density at radius 3 is 3.00 bits per heavy atom. The molecule has 1 N–H and O–H groups in total. The molecule has 1 aliphatic rings. The van der Waals surface area contributed by atoms with Crippen molar-refractivity contribution in [2.45, 2.75) is 52.5 Å². The highest BCUT2D eigenvalue weighted by Gasteiger charge is 2.19. The molecular weight excluding hydrogens is 254 g/mol. The van der Waals surface area contributed by atoms with Gasteiger partial charge < -0.3 is 10.2 Å². The summed E-state index contributed by atoms with van der Waals surface area (Å²) in [5.74, 6) is 0.921. The van der Waals surface area contributed by atoms with E-state index in [0.717, 1.165) is 12.5 Å². The Morgan fingerprint density at radius 2 is 2.26 bits per heavy atom. The summed E-state index contributed by atoms with van der Waals surface area (Å²) in [5.41, 5.74) is 0. The van der Waals surface area contributed by atoms with E-state index >= 15 is 0 Å². The minimum atomic E-state index is 0.423. The number of nitrogens with zero attached hydrogens (tertiary/aromatic N) is 2. The summed E-state index contributed by atoms with van der Waals surface area (Å²) < 4.78 is 0. The van der Waals surface area contributed by atoms with Gasteiger partial charge in [0.2, 0.25) is 0 Å². The second-order valence-electron chi connectivity index (χ2n) is 5.52. The standard InChI is InChI=1S/C15H27N3S/c1-4-13-7-6-9-18(10-8-13)15-17-11-14(19-15)12(3)16-5-2/h11-13,16H,4-10H2,1-3H3. The highest BCUT2D eigenvalue weighted by Crippen LogP contribution is 2.30. The molecule has 108 valence electrons. The van der Waals surface area contributed by atoms with Gasteiger partial charge in [0.05, 0.1) is 0 Å². The number of aromatic nitrogens is 1. The second-order valence-corrected chi connectivity index (χ2v) is 6.56. The summed E-state index contributed by atoms with van der Waals surface area (Å²) in [6.07, 6.45) is 7.41. The summed E-state index contributed by atoms with van der Waals surface area (Å²) in [4.78, 5) is 8.48. The molecule has 2 rings (SSSR count). The zero-order valence-electron chi connectivity index (χ0n) is 12.5. The van der Waals surface area contributed by atoms with Gasteiger partial charge in [-0.3, -0.25) is 0 Å². The Labute approximate surface area is 121 Å². The Hall–Kier alpha value is -0.610. The molecule has 0 bridgehead atoms. The van der Waals surface area contributed by atoms with E-state index in [1.807, 2.05) is 11.3 Å². The van der Waals surface area contributed by atoms with Gasteiger partial charge in [0.15, 0.2) is 5.13 Å². The van der Waals surface area contributed by atoms with Crippen LogP contribution in [0.1, 0.15) is 57.4 Å². The van der Waals surface area contributed by atoms with E-state index in [4.69, 9.17) is 0 Å². The SMILES string of the molecule is CCNC(C)c1cnc(N2CCCC(CC)CC2)s1. The Morgan fingerprint density at radius 1 is 1.42 bits per heavy atom. The predicted molar refractivity (Wildman–Crippen MR) is 84.1 cm³/mol. The van der Waals surface area contributed by atoms with Crippen LogP contribution >= 0.6 is 11.3 Å². The number of thiazole rings is 1. The molecule has 1 saturated heterocycles. The molecule has 1 aromatic heterocycles. The molecule has 0 radical (unpaired) electrons. The van der Waals surface area contributed by atoms with E-state index in [9.17, 15) is 0 Å². The maximum absolute atomic E-state index is 4.64. The van der Waals surface area contributed by atoms with Crippen LogP contribution in [-0.2, 0) is 0 Å². The quantitative estimate of drug-likeness (QED) is 0.889. The minimum absolute atomic E-state index is 0.423. The molecule has 2 heterocycles. The summed E-state index contributed by atoms with van der Waals surface area (Å²) >= 11 is 1.86. The van der Waals surface area contributed by atoms with Crippen LogP contribution in [0.25, 0.3) is 0 Å². The average molecular weight is 281 g/mol. The Kier molecular flexibility index (Phi) is 5.64. The largest absolute Gasteiger partial charge is 0.348 e. The van der Waals surface area contributed by atoms with Crippen molar-refractivity contribution in [1.29, 1.82) is 0 Å². The smallest absolute Gasteiger partial charge is 0.185 e. The van der Waals surface area contributed by atoms with E-state index in [0.29, 0.717) is 6.04 Å². The van der Waals surface area contributed by atoms with Crippen LogP contribution in [0.15, 0.2) is 6.20 Å². The van der Waals surface area contributed by atoms with Crippen molar-refractivity contribution >= 4 is 16.5 Å². The summed E-state index contributed by atoms with van der Waals surface area (Å²) in [6, 6.07) is 0.423. The van der Waals surface area contributed by atoms with Crippen molar-refractivity contribution in [2.24, 2.45) is 5.92 Å². The summed E-state index contributed by atoms with van der Waals surface area (Å²) in [5, 5.41) is 4.68. The average Bonchev–Trinajstić information content (AvgIpc) is 2.78. The highest BCUT2D eigenvalue weighted by atomic mass is 32.1. The fourth-order valence-electron chi connectivity index (χ4n) is 2.80. The zero-order valence-corrected chi connectivity index (χ0v) is 13.3. The fraction of sp³-hybridized carbons (Fsp3) is 0.800. The number of hydrogen-bond donors (Lipinski definition) is 1. The maximum Gasteiger partial charge on any atom is 0.185 e. The number of rotatable bonds is 5. The van der Waals surface area contributed by atoms with Crippen LogP contribution in [0.2, 0.25) is 0 Å². The van der Waals surface area contributed by atoms with Crippen molar-refractivity contribution in [1.82, 2.24) is 10.3 Å². The molecule has 0 saturated carbocycles. The minimum Gasteiger partial charge on any atom is -0.348 e. The molecule has 0 spiro atoms. The monoisotopic (exact) mass is 281 g/mol. The zero-order chi connectivity index (χ0) is 13.7. The van der Waals surface area contributed by atoms with Crippen molar-refractivity contribution in [2.75, 3.05) is 24.5 Å². The van der Waals surface area contributed by atoms with Gasteiger partial charge in [-0.05, 0) is 38.6 Å². The van der Waals surface area contributed by atoms with E-state index in [2.05, 4.69) is 42.2 Å². The first-order chi connectivity index (χ1) is 9.24. The van der Waals surface area contributed by atoms with Crippen LogP contribution in [0.3, 0.4) is 0 Å². The molecule has 1 fully saturated rings. The molecule has 0 aromatic carbocycles. The van der Waals surface area contributed by atoms with Crippen molar-refractivity contribution in [3.05, 3.63) is 11.1 Å². The fourth-order valence-corrected chi connectivity index (χ4v) is 3.79. The molecule has 3 nitrogen and oxygen atoms in total. The lowest BCUT2D eigenvalue weighted by molar-refractivity contribution is 0.459. The lowest BCUT2D eigenvalue weighted by Gasteiger charge is -2.19. The molecular formula is C15H27N3S. The van der Waals surface area contributed by atoms with Crippen molar-refractivity contribution in [3.63, 3.8) is 0 Å². The first-order valence-electron chi connectivity index (χ1n) is 7.68. The van der Waals surface area contributed by atoms with Crippen molar-refractivity contribution in [3.8, 4) is 0 Å². The summed E-state index contributed by atoms with van der Waals surface area (Å²) in [7, 11) is 0. The highest BCUT2D eigenvalue weighted by molar-refractivity contribution is 7.15. The molecule has 0 aliphatic carbocycles. The first kappa shape index (κ1) is 14.8. The molecule has 0 amide bonds. The van der Waals surface area contributed by atoms with E-state index in [1.54, 1.807) is 0 Å². The molecule has 4 heteroatoms. The predicted octanol–water partition coefficient (Wildman–Crippen LogP) is 3.83. The van der Waals surface area contributed by atoms with Gasteiger partial charge in [0.1, 0.15) is 0 Å². The second kappa shape index (κ2) is 7.25. The van der Waals surface area contributed by atoms with Gasteiger partial charge in [-0.25, -0.2) is 4.98 Å². The third-order valence-electron chi connectivity index (χ3n) is 4.14. The lowest BCUT2D eigenvalue weighted by Crippen LogP contribution is -2.23. The number of hydrogen-bond acceptors (Lipinski definition) is 4. The number of nitrogens with one attached hydrogen (secondary N) is 1. The van der Waals surface area contributed by atoms with Gasteiger partial charge in [-0.2, -0.15) is 0 Å². The van der Waals surface area contributed by atoms with E-state index in [-0.39, 0.29) is 0 Å². The first-order valence-corrected chi connectivity index (χ1v) is 8.50. The summed E-state index contributed by atoms with van der Waals surface area (Å²) in [6.45, 7) is 10.1. The van der Waals surface area contributed by atoms with Crippen LogP contribution < -0.4 is 10.2 Å². The maximum atomic E-state index is 4.64. The molecule has 2 unspecified atom stereocenters. The van der Waals surface area contributed by atoms with Crippen LogP contribution in [-0.4, -0.2) is 24.6 Å². The lowest BCUT2D eigenvalue weighted by atomic mass is 9.98.